The van der Waals surface area contributed by atoms with Crippen molar-refractivity contribution in [3.05, 3.63) is 41.2 Å². The van der Waals surface area contributed by atoms with E-state index in [0.29, 0.717) is 36.2 Å². The Balaban J connectivity index is 1.41. The largest absolute Gasteiger partial charge is 0.495 e. The van der Waals surface area contributed by atoms with Crippen molar-refractivity contribution in [2.45, 2.75) is 83.0 Å². The molecule has 2 aromatic rings. The molecule has 1 aliphatic heterocycles. The van der Waals surface area contributed by atoms with Crippen LogP contribution in [0.4, 0.5) is 24.8 Å². The van der Waals surface area contributed by atoms with Crippen LogP contribution in [-0.4, -0.2) is 48.2 Å². The Morgan fingerprint density at radius 2 is 1.84 bits per heavy atom. The summed E-state index contributed by atoms with van der Waals surface area (Å²) in [5.74, 6) is 1.38. The van der Waals surface area contributed by atoms with Crippen molar-refractivity contribution < 1.29 is 17.9 Å². The fourth-order valence-electron chi connectivity index (χ4n) is 5.48. The predicted octanol–water partition coefficient (Wildman–Crippen LogP) is 6.33. The van der Waals surface area contributed by atoms with Crippen LogP contribution >= 0.6 is 0 Å². The number of anilines is 2. The Morgan fingerprint density at radius 1 is 1.08 bits per heavy atom. The minimum absolute atomic E-state index is 0.0544. The van der Waals surface area contributed by atoms with Crippen LogP contribution in [-0.2, 0) is 19.1 Å². The molecule has 9 heteroatoms. The molecular weight excluding hydrogens is 479 g/mol. The van der Waals surface area contributed by atoms with Crippen LogP contribution in [0.15, 0.2) is 24.4 Å². The fraction of sp³-hybridized carbons (Fsp3) is 0.643. The summed E-state index contributed by atoms with van der Waals surface area (Å²) < 4.78 is 46.5. The Bertz CT molecular complexity index is 1000. The van der Waals surface area contributed by atoms with Crippen LogP contribution in [0.2, 0.25) is 0 Å². The number of piperidine rings is 1. The van der Waals surface area contributed by atoms with Crippen molar-refractivity contribution >= 4 is 11.6 Å². The number of methoxy groups -OCH3 is 1. The maximum atomic E-state index is 13.6. The molecule has 2 fully saturated rings. The average molecular weight is 520 g/mol. The number of nitrogens with zero attached hydrogens (tertiary/aromatic N) is 3. The summed E-state index contributed by atoms with van der Waals surface area (Å²) in [5.41, 5.74) is 1.01. The molecule has 0 radical (unpaired) electrons. The van der Waals surface area contributed by atoms with Gasteiger partial charge < -0.3 is 20.3 Å². The number of aromatic nitrogens is 2. The molecule has 1 aromatic heterocycles. The highest BCUT2D eigenvalue weighted by molar-refractivity contribution is 5.63. The summed E-state index contributed by atoms with van der Waals surface area (Å²) in [6, 6.07) is 6.30. The number of nitrogens with one attached hydrogen (secondary N) is 2. The van der Waals surface area contributed by atoms with E-state index in [1.54, 1.807) is 7.11 Å². The SMILES string of the molecule is COc1cc(CNC2CCN(C)CC2)ccc1Nc1ncc(C(F)(F)F)c(CCCC2CCCCC2)n1. The van der Waals surface area contributed by atoms with Gasteiger partial charge in [-0.05, 0) is 69.4 Å². The first kappa shape index (κ1) is 27.6. The van der Waals surface area contributed by atoms with E-state index in [1.165, 1.54) is 32.1 Å². The van der Waals surface area contributed by atoms with Crippen molar-refractivity contribution in [2.75, 3.05) is 32.6 Å². The first-order valence-corrected chi connectivity index (χ1v) is 13.6. The normalized spacial score (nSPS) is 18.2. The highest BCUT2D eigenvalue weighted by Crippen LogP contribution is 2.34. The minimum atomic E-state index is -4.47. The van der Waals surface area contributed by atoms with Crippen molar-refractivity contribution in [3.63, 3.8) is 0 Å². The number of aryl methyl sites for hydroxylation is 1. The molecule has 1 aromatic carbocycles. The molecule has 6 nitrogen and oxygen atoms in total. The molecule has 2 N–H and O–H groups in total. The third-order valence-corrected chi connectivity index (χ3v) is 7.75. The second-order valence-corrected chi connectivity index (χ2v) is 10.6. The zero-order valence-electron chi connectivity index (χ0n) is 22.0. The number of ether oxygens (including phenoxy) is 1. The smallest absolute Gasteiger partial charge is 0.419 e. The summed E-state index contributed by atoms with van der Waals surface area (Å²) in [6.07, 6.45) is 6.73. The summed E-state index contributed by atoms with van der Waals surface area (Å²) in [6.45, 7) is 2.92. The lowest BCUT2D eigenvalue weighted by Crippen LogP contribution is -2.40. The molecule has 0 bridgehead atoms. The summed E-state index contributed by atoms with van der Waals surface area (Å²) >= 11 is 0. The van der Waals surface area contributed by atoms with Gasteiger partial charge in [-0.2, -0.15) is 13.2 Å². The molecule has 0 unspecified atom stereocenters. The van der Waals surface area contributed by atoms with E-state index in [-0.39, 0.29) is 11.6 Å². The molecule has 1 aliphatic carbocycles. The third-order valence-electron chi connectivity index (χ3n) is 7.75. The molecular formula is C28H40F3N5O. The lowest BCUT2D eigenvalue weighted by molar-refractivity contribution is -0.138. The van der Waals surface area contributed by atoms with Gasteiger partial charge in [0.25, 0.3) is 0 Å². The van der Waals surface area contributed by atoms with Gasteiger partial charge in [0.15, 0.2) is 0 Å². The maximum absolute atomic E-state index is 13.6. The molecule has 1 saturated heterocycles. The number of halogens is 3. The molecule has 0 spiro atoms. The second-order valence-electron chi connectivity index (χ2n) is 10.6. The van der Waals surface area contributed by atoms with Gasteiger partial charge in [-0.25, -0.2) is 9.97 Å². The van der Waals surface area contributed by atoms with Gasteiger partial charge >= 0.3 is 6.18 Å². The zero-order chi connectivity index (χ0) is 26.3. The maximum Gasteiger partial charge on any atom is 0.419 e. The van der Waals surface area contributed by atoms with Crippen LogP contribution in [0.3, 0.4) is 0 Å². The number of likely N-dealkylation sites (tertiary alicyclic amines) is 1. The first-order chi connectivity index (χ1) is 17.8. The molecule has 0 atom stereocenters. The van der Waals surface area contributed by atoms with Crippen molar-refractivity contribution in [2.24, 2.45) is 5.92 Å². The Morgan fingerprint density at radius 3 is 2.54 bits per heavy atom. The first-order valence-electron chi connectivity index (χ1n) is 13.6. The molecule has 1 saturated carbocycles. The van der Waals surface area contributed by atoms with E-state index in [1.807, 2.05) is 18.2 Å². The van der Waals surface area contributed by atoms with Crippen LogP contribution in [0, 0.1) is 5.92 Å². The number of benzene rings is 1. The van der Waals surface area contributed by atoms with Crippen molar-refractivity contribution in [1.82, 2.24) is 20.2 Å². The van der Waals surface area contributed by atoms with Crippen LogP contribution < -0.4 is 15.4 Å². The topological polar surface area (TPSA) is 62.3 Å². The van der Waals surface area contributed by atoms with E-state index in [9.17, 15) is 13.2 Å². The highest BCUT2D eigenvalue weighted by atomic mass is 19.4. The molecule has 37 heavy (non-hydrogen) atoms. The van der Waals surface area contributed by atoms with Crippen LogP contribution in [0.5, 0.6) is 5.75 Å². The zero-order valence-corrected chi connectivity index (χ0v) is 22.0. The minimum Gasteiger partial charge on any atom is -0.495 e. The number of alkyl halides is 3. The molecule has 0 amide bonds. The van der Waals surface area contributed by atoms with E-state index in [4.69, 9.17) is 4.74 Å². The number of hydrogen-bond donors (Lipinski definition) is 2. The van der Waals surface area contributed by atoms with E-state index in [0.717, 1.165) is 50.7 Å². The Labute approximate surface area is 218 Å². The molecule has 2 aliphatic rings. The lowest BCUT2D eigenvalue weighted by atomic mass is 9.85. The quantitative estimate of drug-likeness (QED) is 0.382. The number of hydrogen-bond acceptors (Lipinski definition) is 6. The number of rotatable bonds is 10. The lowest BCUT2D eigenvalue weighted by Gasteiger charge is -2.29. The molecule has 2 heterocycles. The standard InChI is InChI=1S/C28H40F3N5O/c1-36-15-13-22(14-16-36)32-18-21-11-12-25(26(17-21)37-2)35-27-33-19-23(28(29,30)31)24(34-27)10-6-9-20-7-4-3-5-8-20/h11-12,17,19-20,22,32H,3-10,13-16,18H2,1-2H3,(H,33,34,35). The van der Waals surface area contributed by atoms with E-state index < -0.39 is 11.7 Å². The summed E-state index contributed by atoms with van der Waals surface area (Å²) in [7, 11) is 3.73. The van der Waals surface area contributed by atoms with E-state index in [2.05, 4.69) is 32.5 Å². The summed E-state index contributed by atoms with van der Waals surface area (Å²) in [5, 5.41) is 6.70. The van der Waals surface area contributed by atoms with Crippen LogP contribution in [0.1, 0.15) is 74.6 Å². The van der Waals surface area contributed by atoms with Gasteiger partial charge in [0.2, 0.25) is 5.95 Å². The van der Waals surface area contributed by atoms with Gasteiger partial charge in [-0.15, -0.1) is 0 Å². The van der Waals surface area contributed by atoms with Gasteiger partial charge in [-0.3, -0.25) is 0 Å². The predicted molar refractivity (Wildman–Crippen MR) is 140 cm³/mol. The summed E-state index contributed by atoms with van der Waals surface area (Å²) in [4.78, 5) is 10.6. The molecule has 4 rings (SSSR count). The van der Waals surface area contributed by atoms with Crippen LogP contribution in [0.25, 0.3) is 0 Å². The second kappa shape index (κ2) is 12.9. The van der Waals surface area contributed by atoms with Crippen molar-refractivity contribution in [1.29, 1.82) is 0 Å². The molecule has 204 valence electrons. The van der Waals surface area contributed by atoms with E-state index >= 15 is 0 Å². The van der Waals surface area contributed by atoms with Gasteiger partial charge in [0, 0.05) is 18.8 Å². The van der Waals surface area contributed by atoms with Gasteiger partial charge in [-0.1, -0.05) is 44.6 Å². The Hall–Kier alpha value is -2.39. The third kappa shape index (κ3) is 8.04. The Kier molecular flexibility index (Phi) is 9.65. The van der Waals surface area contributed by atoms with Crippen molar-refractivity contribution in [3.8, 4) is 5.75 Å². The monoisotopic (exact) mass is 519 g/mol. The fourth-order valence-corrected chi connectivity index (χ4v) is 5.48. The van der Waals surface area contributed by atoms with Gasteiger partial charge in [0.05, 0.1) is 24.1 Å². The highest BCUT2D eigenvalue weighted by Gasteiger charge is 2.35. The van der Waals surface area contributed by atoms with Gasteiger partial charge in [0.1, 0.15) is 5.75 Å². The average Bonchev–Trinajstić information content (AvgIpc) is 2.89.